The molecular formula is C31H35Cl2N3O5S. The second-order valence-electron chi connectivity index (χ2n) is 10.4. The first kappa shape index (κ1) is 31.7. The van der Waals surface area contributed by atoms with Gasteiger partial charge in [0.25, 0.3) is 0 Å². The Hall–Kier alpha value is -3.27. The van der Waals surface area contributed by atoms with E-state index in [4.69, 9.17) is 27.9 Å². The zero-order chi connectivity index (χ0) is 30.3. The van der Waals surface area contributed by atoms with Crippen LogP contribution in [-0.2, 0) is 32.6 Å². The number of rotatable bonds is 12. The monoisotopic (exact) mass is 631 g/mol. The predicted molar refractivity (Wildman–Crippen MR) is 167 cm³/mol. The van der Waals surface area contributed by atoms with Crippen molar-refractivity contribution in [2.75, 3.05) is 24.2 Å². The Morgan fingerprint density at radius 1 is 0.952 bits per heavy atom. The molecule has 0 spiro atoms. The van der Waals surface area contributed by atoms with Gasteiger partial charge in [-0.25, -0.2) is 8.42 Å². The van der Waals surface area contributed by atoms with Gasteiger partial charge in [0.2, 0.25) is 21.8 Å². The highest BCUT2D eigenvalue weighted by Crippen LogP contribution is 2.27. The topological polar surface area (TPSA) is 96.0 Å². The lowest BCUT2D eigenvalue weighted by molar-refractivity contribution is -0.140. The smallest absolute Gasteiger partial charge is 0.244 e. The summed E-state index contributed by atoms with van der Waals surface area (Å²) in [7, 11) is -2.41. The van der Waals surface area contributed by atoms with Crippen molar-refractivity contribution in [2.45, 2.75) is 50.7 Å². The van der Waals surface area contributed by atoms with Crippen molar-refractivity contribution < 1.29 is 22.7 Å². The van der Waals surface area contributed by atoms with Crippen LogP contribution in [0.25, 0.3) is 0 Å². The molecule has 4 rings (SSSR count). The average molecular weight is 633 g/mol. The number of methoxy groups -OCH3 is 1. The van der Waals surface area contributed by atoms with Gasteiger partial charge in [0.05, 0.1) is 29.1 Å². The summed E-state index contributed by atoms with van der Waals surface area (Å²) in [5.41, 5.74) is 1.79. The number of carbonyl (C=O) groups excluding carboxylic acids is 2. The van der Waals surface area contributed by atoms with E-state index in [1.165, 1.54) is 12.0 Å². The molecule has 1 saturated carbocycles. The Labute approximate surface area is 257 Å². The first-order valence-corrected chi connectivity index (χ1v) is 16.3. The summed E-state index contributed by atoms with van der Waals surface area (Å²) in [5.74, 6) is -0.387. The molecule has 2 amide bonds. The summed E-state index contributed by atoms with van der Waals surface area (Å²) in [6.45, 7) is -0.504. The number of sulfonamides is 1. The fourth-order valence-electron chi connectivity index (χ4n) is 5.14. The SMILES string of the molecule is COc1cccc(N(CC(=O)N(Cc2ccc(Cl)c(Cl)c2)[C@@H](Cc2ccccc2)C(=O)NC2CCCC2)S(C)(=O)=O)c1. The van der Waals surface area contributed by atoms with Crippen molar-refractivity contribution in [2.24, 2.45) is 0 Å². The van der Waals surface area contributed by atoms with Crippen LogP contribution in [0.3, 0.4) is 0 Å². The molecule has 11 heteroatoms. The number of nitrogens with zero attached hydrogens (tertiary/aromatic N) is 2. The lowest BCUT2D eigenvalue weighted by atomic mass is 10.0. The van der Waals surface area contributed by atoms with E-state index in [1.807, 2.05) is 30.3 Å². The molecule has 42 heavy (non-hydrogen) atoms. The Bertz CT molecular complexity index is 1500. The van der Waals surface area contributed by atoms with Crippen LogP contribution in [0.15, 0.2) is 72.8 Å². The minimum atomic E-state index is -3.89. The van der Waals surface area contributed by atoms with Gasteiger partial charge in [0.15, 0.2) is 0 Å². The average Bonchev–Trinajstić information content (AvgIpc) is 3.48. The highest BCUT2D eigenvalue weighted by atomic mass is 35.5. The number of carbonyl (C=O) groups is 2. The minimum Gasteiger partial charge on any atom is -0.497 e. The van der Waals surface area contributed by atoms with Gasteiger partial charge < -0.3 is 15.0 Å². The molecule has 0 unspecified atom stereocenters. The second-order valence-corrected chi connectivity index (χ2v) is 13.2. The number of halogens is 2. The molecule has 224 valence electrons. The molecule has 0 aliphatic heterocycles. The maximum absolute atomic E-state index is 14.2. The Morgan fingerprint density at radius 2 is 1.67 bits per heavy atom. The molecule has 3 aromatic carbocycles. The summed E-state index contributed by atoms with van der Waals surface area (Å²) in [5, 5.41) is 3.81. The molecule has 0 bridgehead atoms. The van der Waals surface area contributed by atoms with Crippen LogP contribution < -0.4 is 14.4 Å². The van der Waals surface area contributed by atoms with Gasteiger partial charge in [-0.3, -0.25) is 13.9 Å². The first-order chi connectivity index (χ1) is 20.0. The van der Waals surface area contributed by atoms with E-state index in [0.717, 1.165) is 41.8 Å². The normalized spacial score (nSPS) is 14.3. The van der Waals surface area contributed by atoms with E-state index in [0.29, 0.717) is 21.4 Å². The van der Waals surface area contributed by atoms with Crippen molar-refractivity contribution in [1.29, 1.82) is 0 Å². The third kappa shape index (κ3) is 8.40. The lowest BCUT2D eigenvalue weighted by Gasteiger charge is -2.34. The molecule has 0 radical (unpaired) electrons. The Kier molecular flexibility index (Phi) is 10.8. The van der Waals surface area contributed by atoms with Gasteiger partial charge in [-0.2, -0.15) is 0 Å². The highest BCUT2D eigenvalue weighted by molar-refractivity contribution is 7.92. The second kappa shape index (κ2) is 14.3. The van der Waals surface area contributed by atoms with Gasteiger partial charge in [0, 0.05) is 25.1 Å². The van der Waals surface area contributed by atoms with Crippen LogP contribution in [-0.4, -0.2) is 57.1 Å². The van der Waals surface area contributed by atoms with Gasteiger partial charge >= 0.3 is 0 Å². The number of benzene rings is 3. The van der Waals surface area contributed by atoms with Crippen molar-refractivity contribution in [1.82, 2.24) is 10.2 Å². The number of amides is 2. The number of hydrogen-bond acceptors (Lipinski definition) is 5. The largest absolute Gasteiger partial charge is 0.497 e. The molecule has 1 fully saturated rings. The molecular weight excluding hydrogens is 597 g/mol. The van der Waals surface area contributed by atoms with E-state index in [9.17, 15) is 18.0 Å². The van der Waals surface area contributed by atoms with Crippen molar-refractivity contribution >= 4 is 50.7 Å². The standard InChI is InChI=1S/C31H35Cl2N3O5S/c1-41-26-14-8-13-25(19-26)36(42(2,39)40)21-30(37)35(20-23-15-16-27(32)28(33)17-23)29(18-22-9-4-3-5-10-22)31(38)34-24-11-6-7-12-24/h3-5,8-10,13-17,19,24,29H,6-7,11-12,18,20-21H2,1-2H3,(H,34,38)/t29-/m0/s1. The van der Waals surface area contributed by atoms with Gasteiger partial charge in [-0.1, -0.05) is 78.5 Å². The van der Waals surface area contributed by atoms with E-state index in [-0.39, 0.29) is 30.6 Å². The van der Waals surface area contributed by atoms with Crippen LogP contribution in [0.5, 0.6) is 5.75 Å². The van der Waals surface area contributed by atoms with Crippen molar-refractivity contribution in [3.05, 3.63) is 94.0 Å². The molecule has 1 aliphatic carbocycles. The van der Waals surface area contributed by atoms with E-state index < -0.39 is 28.5 Å². The molecule has 0 aromatic heterocycles. The number of hydrogen-bond donors (Lipinski definition) is 1. The first-order valence-electron chi connectivity index (χ1n) is 13.7. The predicted octanol–water partition coefficient (Wildman–Crippen LogP) is 5.47. The lowest BCUT2D eigenvalue weighted by Crippen LogP contribution is -2.54. The maximum Gasteiger partial charge on any atom is 0.244 e. The summed E-state index contributed by atoms with van der Waals surface area (Å²) in [6.07, 6.45) is 5.10. The number of ether oxygens (including phenoxy) is 1. The Morgan fingerprint density at radius 3 is 2.31 bits per heavy atom. The maximum atomic E-state index is 14.2. The fourth-order valence-corrected chi connectivity index (χ4v) is 6.30. The molecule has 0 heterocycles. The third-order valence-electron chi connectivity index (χ3n) is 7.33. The summed E-state index contributed by atoms with van der Waals surface area (Å²) >= 11 is 12.4. The fraction of sp³-hybridized carbons (Fsp3) is 0.355. The molecule has 1 N–H and O–H groups in total. The quantitative estimate of drug-likeness (QED) is 0.286. The van der Waals surface area contributed by atoms with Crippen molar-refractivity contribution in [3.63, 3.8) is 0 Å². The molecule has 8 nitrogen and oxygen atoms in total. The number of nitrogens with one attached hydrogen (secondary N) is 1. The van der Waals surface area contributed by atoms with Crippen LogP contribution >= 0.6 is 23.2 Å². The molecule has 0 saturated heterocycles. The van der Waals surface area contributed by atoms with E-state index in [1.54, 1.807) is 42.5 Å². The third-order valence-corrected chi connectivity index (χ3v) is 9.21. The van der Waals surface area contributed by atoms with Gasteiger partial charge in [-0.15, -0.1) is 0 Å². The zero-order valence-electron chi connectivity index (χ0n) is 23.6. The van der Waals surface area contributed by atoms with Crippen LogP contribution in [0.2, 0.25) is 10.0 Å². The highest BCUT2D eigenvalue weighted by Gasteiger charge is 2.34. The summed E-state index contributed by atoms with van der Waals surface area (Å²) < 4.78 is 32.2. The van der Waals surface area contributed by atoms with Crippen LogP contribution in [0.1, 0.15) is 36.8 Å². The molecule has 3 aromatic rings. The molecule has 1 atom stereocenters. The Balaban J connectivity index is 1.74. The van der Waals surface area contributed by atoms with E-state index >= 15 is 0 Å². The van der Waals surface area contributed by atoms with Crippen molar-refractivity contribution in [3.8, 4) is 5.75 Å². The van der Waals surface area contributed by atoms with E-state index in [2.05, 4.69) is 5.32 Å². The molecule has 1 aliphatic rings. The van der Waals surface area contributed by atoms with Gasteiger partial charge in [-0.05, 0) is 48.2 Å². The summed E-state index contributed by atoms with van der Waals surface area (Å²) in [6, 6.07) is 20.0. The summed E-state index contributed by atoms with van der Waals surface area (Å²) in [4.78, 5) is 29.5. The number of anilines is 1. The van der Waals surface area contributed by atoms with Gasteiger partial charge in [0.1, 0.15) is 18.3 Å². The van der Waals surface area contributed by atoms with Crippen LogP contribution in [0, 0.1) is 0 Å². The zero-order valence-corrected chi connectivity index (χ0v) is 26.0. The van der Waals surface area contributed by atoms with Crippen LogP contribution in [0.4, 0.5) is 5.69 Å². The minimum absolute atomic E-state index is 0.0149.